The number of anilines is 1. The molecule has 1 aromatic carbocycles. The predicted molar refractivity (Wildman–Crippen MR) is 142 cm³/mol. The SMILES string of the molecule is CC(C)(C)OC(=O)NC(C)(C)C(=O)N1CC=C(c2ccc(NC(=O)N3Cc4cc(F)cnc4C3)cc2)CC1. The van der Waals surface area contributed by atoms with E-state index in [1.807, 2.05) is 30.3 Å². The Morgan fingerprint density at radius 1 is 1.03 bits per heavy atom. The van der Waals surface area contributed by atoms with Crippen molar-refractivity contribution in [3.05, 3.63) is 65.2 Å². The van der Waals surface area contributed by atoms with Gasteiger partial charge >= 0.3 is 12.1 Å². The van der Waals surface area contributed by atoms with E-state index in [9.17, 15) is 18.8 Å². The number of pyridine rings is 1. The summed E-state index contributed by atoms with van der Waals surface area (Å²) in [6.45, 7) is 10.2. The van der Waals surface area contributed by atoms with Crippen LogP contribution in [-0.2, 0) is 22.6 Å². The van der Waals surface area contributed by atoms with Crippen LogP contribution >= 0.6 is 0 Å². The van der Waals surface area contributed by atoms with Crippen molar-refractivity contribution in [3.8, 4) is 0 Å². The lowest BCUT2D eigenvalue weighted by atomic mass is 9.97. The van der Waals surface area contributed by atoms with Crippen LogP contribution in [0.2, 0.25) is 0 Å². The number of amides is 4. The van der Waals surface area contributed by atoms with Gasteiger partial charge in [-0.3, -0.25) is 9.78 Å². The maximum absolute atomic E-state index is 13.4. The molecule has 2 N–H and O–H groups in total. The van der Waals surface area contributed by atoms with Crippen LogP contribution < -0.4 is 10.6 Å². The number of benzene rings is 1. The van der Waals surface area contributed by atoms with Crippen LogP contribution in [0, 0.1) is 5.82 Å². The summed E-state index contributed by atoms with van der Waals surface area (Å²) in [7, 11) is 0. The van der Waals surface area contributed by atoms with Gasteiger partial charge in [-0.15, -0.1) is 0 Å². The zero-order valence-corrected chi connectivity index (χ0v) is 22.4. The second kappa shape index (κ2) is 10.4. The first-order valence-corrected chi connectivity index (χ1v) is 12.6. The van der Waals surface area contributed by atoms with Crippen LogP contribution in [0.25, 0.3) is 5.57 Å². The van der Waals surface area contributed by atoms with Crippen LogP contribution in [0.1, 0.15) is 57.9 Å². The third-order valence-corrected chi connectivity index (χ3v) is 6.37. The number of aromatic nitrogens is 1. The fourth-order valence-electron chi connectivity index (χ4n) is 4.47. The molecule has 202 valence electrons. The Kier molecular flexibility index (Phi) is 7.44. The summed E-state index contributed by atoms with van der Waals surface area (Å²) in [6, 6.07) is 8.67. The van der Waals surface area contributed by atoms with E-state index in [0.717, 1.165) is 22.9 Å². The molecule has 0 atom stereocenters. The molecule has 38 heavy (non-hydrogen) atoms. The highest BCUT2D eigenvalue weighted by Gasteiger charge is 2.35. The molecule has 4 rings (SSSR count). The van der Waals surface area contributed by atoms with Gasteiger partial charge in [0.2, 0.25) is 5.91 Å². The molecule has 9 nitrogen and oxygen atoms in total. The molecule has 0 aliphatic carbocycles. The van der Waals surface area contributed by atoms with E-state index < -0.39 is 23.1 Å². The Morgan fingerprint density at radius 2 is 1.74 bits per heavy atom. The second-order valence-electron chi connectivity index (χ2n) is 11.1. The molecule has 0 fully saturated rings. The fraction of sp³-hybridized carbons (Fsp3) is 0.429. The number of ether oxygens (including phenoxy) is 1. The number of hydrogen-bond acceptors (Lipinski definition) is 5. The molecule has 10 heteroatoms. The molecule has 1 aromatic heterocycles. The molecule has 2 aliphatic rings. The lowest BCUT2D eigenvalue weighted by Crippen LogP contribution is -2.57. The quantitative estimate of drug-likeness (QED) is 0.605. The van der Waals surface area contributed by atoms with Gasteiger partial charge in [-0.25, -0.2) is 14.0 Å². The number of halogens is 1. The Balaban J connectivity index is 1.31. The second-order valence-corrected chi connectivity index (χ2v) is 11.1. The molecule has 0 saturated heterocycles. The van der Waals surface area contributed by atoms with Gasteiger partial charge in [-0.1, -0.05) is 18.2 Å². The first kappa shape index (κ1) is 27.1. The van der Waals surface area contributed by atoms with Crippen molar-refractivity contribution in [2.45, 2.75) is 65.3 Å². The lowest BCUT2D eigenvalue weighted by Gasteiger charge is -2.34. The normalized spacial score (nSPS) is 15.5. The van der Waals surface area contributed by atoms with Crippen molar-refractivity contribution in [1.82, 2.24) is 20.1 Å². The molecule has 0 bridgehead atoms. The van der Waals surface area contributed by atoms with Gasteiger partial charge in [-0.05, 0) is 75.9 Å². The molecule has 0 radical (unpaired) electrons. The number of carbonyl (C=O) groups excluding carboxylic acids is 3. The van der Waals surface area contributed by atoms with Gasteiger partial charge in [0, 0.05) is 25.3 Å². The first-order valence-electron chi connectivity index (χ1n) is 12.6. The van der Waals surface area contributed by atoms with Gasteiger partial charge in [0.25, 0.3) is 0 Å². The minimum Gasteiger partial charge on any atom is -0.444 e. The minimum atomic E-state index is -1.10. The topological polar surface area (TPSA) is 104 Å². The van der Waals surface area contributed by atoms with E-state index in [1.54, 1.807) is 44.4 Å². The van der Waals surface area contributed by atoms with Gasteiger partial charge in [0.15, 0.2) is 0 Å². The van der Waals surface area contributed by atoms with Crippen molar-refractivity contribution < 1.29 is 23.5 Å². The number of alkyl carbamates (subject to hydrolysis) is 1. The average molecular weight is 524 g/mol. The summed E-state index contributed by atoms with van der Waals surface area (Å²) in [6.07, 6.45) is 3.20. The van der Waals surface area contributed by atoms with Crippen LogP contribution in [0.3, 0.4) is 0 Å². The van der Waals surface area contributed by atoms with Crippen LogP contribution in [0.5, 0.6) is 0 Å². The summed E-state index contributed by atoms with van der Waals surface area (Å²) in [4.78, 5) is 45.3. The maximum Gasteiger partial charge on any atom is 0.408 e. The van der Waals surface area contributed by atoms with E-state index in [2.05, 4.69) is 15.6 Å². The number of nitrogens with zero attached hydrogens (tertiary/aromatic N) is 3. The van der Waals surface area contributed by atoms with E-state index in [-0.39, 0.29) is 11.9 Å². The summed E-state index contributed by atoms with van der Waals surface area (Å²) in [5.41, 5.74) is 2.44. The standard InChI is InChI=1S/C28H34FN5O4/c1-27(2,3)38-26(37)32-28(4,5)24(35)33-12-10-19(11-13-33)18-6-8-22(9-7-18)31-25(36)34-16-20-14-21(29)15-30-23(20)17-34/h6-10,14-15H,11-13,16-17H2,1-5H3,(H,31,36)(H,32,37). The summed E-state index contributed by atoms with van der Waals surface area (Å²) < 4.78 is 18.7. The minimum absolute atomic E-state index is 0.182. The number of carbonyl (C=O) groups is 3. The predicted octanol–water partition coefficient (Wildman–Crippen LogP) is 4.69. The maximum atomic E-state index is 13.4. The van der Waals surface area contributed by atoms with Crippen LogP contribution in [-0.4, -0.2) is 57.0 Å². The summed E-state index contributed by atoms with van der Waals surface area (Å²) in [5.74, 6) is -0.592. The summed E-state index contributed by atoms with van der Waals surface area (Å²) in [5, 5.41) is 5.55. The van der Waals surface area contributed by atoms with E-state index >= 15 is 0 Å². The Morgan fingerprint density at radius 3 is 2.37 bits per heavy atom. The van der Waals surface area contributed by atoms with Crippen LogP contribution in [0.4, 0.5) is 19.7 Å². The highest BCUT2D eigenvalue weighted by Crippen LogP contribution is 2.26. The molecule has 2 aliphatic heterocycles. The molecule has 0 saturated carbocycles. The van der Waals surface area contributed by atoms with Crippen LogP contribution in [0.15, 0.2) is 42.6 Å². The number of fused-ring (bicyclic) bond motifs is 1. The molecular weight excluding hydrogens is 489 g/mol. The number of urea groups is 1. The third-order valence-electron chi connectivity index (χ3n) is 6.37. The molecular formula is C28H34FN5O4. The molecule has 2 aromatic rings. The Hall–Kier alpha value is -3.95. The van der Waals surface area contributed by atoms with Gasteiger partial charge in [-0.2, -0.15) is 0 Å². The Labute approximate surface area is 222 Å². The zero-order valence-electron chi connectivity index (χ0n) is 22.4. The summed E-state index contributed by atoms with van der Waals surface area (Å²) >= 11 is 0. The molecule has 3 heterocycles. The smallest absolute Gasteiger partial charge is 0.408 e. The van der Waals surface area contributed by atoms with Crippen molar-refractivity contribution >= 4 is 29.3 Å². The van der Waals surface area contributed by atoms with E-state index in [4.69, 9.17) is 4.74 Å². The highest BCUT2D eigenvalue weighted by atomic mass is 19.1. The average Bonchev–Trinajstić information content (AvgIpc) is 3.26. The third kappa shape index (κ3) is 6.48. The van der Waals surface area contributed by atoms with Crippen molar-refractivity contribution in [1.29, 1.82) is 0 Å². The van der Waals surface area contributed by atoms with Gasteiger partial charge in [0.1, 0.15) is 17.0 Å². The Bertz CT molecular complexity index is 1270. The number of rotatable bonds is 4. The van der Waals surface area contributed by atoms with E-state index in [0.29, 0.717) is 44.0 Å². The van der Waals surface area contributed by atoms with Crippen molar-refractivity contribution in [2.75, 3.05) is 18.4 Å². The molecule has 4 amide bonds. The zero-order chi connectivity index (χ0) is 27.7. The fourth-order valence-corrected chi connectivity index (χ4v) is 4.47. The monoisotopic (exact) mass is 523 g/mol. The molecule has 0 unspecified atom stereocenters. The number of nitrogens with one attached hydrogen (secondary N) is 2. The van der Waals surface area contributed by atoms with Crippen molar-refractivity contribution in [2.24, 2.45) is 0 Å². The number of hydrogen-bond donors (Lipinski definition) is 2. The first-order chi connectivity index (χ1) is 17.8. The largest absolute Gasteiger partial charge is 0.444 e. The highest BCUT2D eigenvalue weighted by molar-refractivity contribution is 5.91. The van der Waals surface area contributed by atoms with Crippen molar-refractivity contribution in [3.63, 3.8) is 0 Å². The molecule has 0 spiro atoms. The van der Waals surface area contributed by atoms with Gasteiger partial charge in [0.05, 0.1) is 18.4 Å². The van der Waals surface area contributed by atoms with Gasteiger partial charge < -0.3 is 25.2 Å². The lowest BCUT2D eigenvalue weighted by molar-refractivity contribution is -0.136. The van der Waals surface area contributed by atoms with E-state index in [1.165, 1.54) is 6.07 Å².